The Balaban J connectivity index is 2.12. The molecule has 0 bridgehead atoms. The smallest absolute Gasteiger partial charge is 0.176 e. The molecule has 6 nitrogen and oxygen atoms in total. The molecule has 2 rings (SSSR count). The fourth-order valence-electron chi connectivity index (χ4n) is 3.12. The summed E-state index contributed by atoms with van der Waals surface area (Å²) in [5.41, 5.74) is -0.0759. The van der Waals surface area contributed by atoms with Crippen LogP contribution in [-0.2, 0) is 18.2 Å². The Kier molecular flexibility index (Phi) is 4.87. The molecule has 1 atom stereocenters. The number of tetrazole rings is 1. The van der Waals surface area contributed by atoms with E-state index in [0.717, 1.165) is 31.6 Å². The first kappa shape index (κ1) is 14.4. The Hall–Kier alpha value is -1.01. The van der Waals surface area contributed by atoms with E-state index in [9.17, 15) is 0 Å². The molecule has 1 N–H and O–H groups in total. The number of aryl methyl sites for hydroxylation is 1. The third kappa shape index (κ3) is 3.30. The number of likely N-dealkylation sites (N-methyl/N-ethyl adjacent to an activating group) is 1. The molecule has 0 spiro atoms. The van der Waals surface area contributed by atoms with Gasteiger partial charge in [-0.25, -0.2) is 0 Å². The summed E-state index contributed by atoms with van der Waals surface area (Å²) in [6.45, 7) is 3.05. The van der Waals surface area contributed by atoms with Crippen molar-refractivity contribution >= 4 is 0 Å². The maximum absolute atomic E-state index is 5.93. The van der Waals surface area contributed by atoms with Gasteiger partial charge in [0.25, 0.3) is 0 Å². The molecule has 1 saturated carbocycles. The van der Waals surface area contributed by atoms with Crippen molar-refractivity contribution in [3.05, 3.63) is 5.82 Å². The third-order valence-electron chi connectivity index (χ3n) is 4.13. The number of nitrogens with zero attached hydrogens (tertiary/aromatic N) is 4. The molecular weight excluding hydrogens is 242 g/mol. The molecule has 0 aromatic carbocycles. The second kappa shape index (κ2) is 6.43. The maximum atomic E-state index is 5.93. The fourth-order valence-corrected chi connectivity index (χ4v) is 3.12. The van der Waals surface area contributed by atoms with Gasteiger partial charge in [-0.15, -0.1) is 10.2 Å². The molecule has 1 aliphatic rings. The standard InChI is InChI=1S/C13H25N5O/c1-4-14-11(10-12-15-17-18(2)16-12)13(19-3)8-6-5-7-9-13/h11,14H,4-10H2,1-3H3. The van der Waals surface area contributed by atoms with Crippen molar-refractivity contribution in [1.82, 2.24) is 25.5 Å². The van der Waals surface area contributed by atoms with Crippen molar-refractivity contribution in [3.8, 4) is 0 Å². The van der Waals surface area contributed by atoms with Crippen molar-refractivity contribution in [2.75, 3.05) is 13.7 Å². The second-order valence-electron chi connectivity index (χ2n) is 5.34. The van der Waals surface area contributed by atoms with Crippen LogP contribution >= 0.6 is 0 Å². The summed E-state index contributed by atoms with van der Waals surface area (Å²) >= 11 is 0. The Bertz CT molecular complexity index is 386. The van der Waals surface area contributed by atoms with Crippen LogP contribution in [0.5, 0.6) is 0 Å². The Morgan fingerprint density at radius 3 is 2.63 bits per heavy atom. The highest BCUT2D eigenvalue weighted by molar-refractivity contribution is 4.99. The maximum Gasteiger partial charge on any atom is 0.176 e. The van der Waals surface area contributed by atoms with Crippen LogP contribution < -0.4 is 5.32 Å². The first-order valence-corrected chi connectivity index (χ1v) is 7.21. The lowest BCUT2D eigenvalue weighted by Gasteiger charge is -2.42. The lowest BCUT2D eigenvalue weighted by atomic mass is 9.78. The van der Waals surface area contributed by atoms with Gasteiger partial charge in [0.2, 0.25) is 0 Å². The summed E-state index contributed by atoms with van der Waals surface area (Å²) in [4.78, 5) is 1.51. The molecule has 1 heterocycles. The van der Waals surface area contributed by atoms with Gasteiger partial charge in [-0.1, -0.05) is 26.2 Å². The van der Waals surface area contributed by atoms with Crippen molar-refractivity contribution < 1.29 is 4.74 Å². The van der Waals surface area contributed by atoms with Crippen LogP contribution in [-0.4, -0.2) is 45.5 Å². The van der Waals surface area contributed by atoms with E-state index in [2.05, 4.69) is 27.7 Å². The SMILES string of the molecule is CCNC(Cc1nnn(C)n1)C1(OC)CCCCC1. The van der Waals surface area contributed by atoms with Gasteiger partial charge in [0.05, 0.1) is 12.6 Å². The van der Waals surface area contributed by atoms with Gasteiger partial charge in [0, 0.05) is 19.6 Å². The molecular formula is C13H25N5O. The zero-order valence-electron chi connectivity index (χ0n) is 12.2. The normalized spacial score (nSPS) is 20.4. The van der Waals surface area contributed by atoms with E-state index < -0.39 is 0 Å². The molecule has 0 aliphatic heterocycles. The van der Waals surface area contributed by atoms with Gasteiger partial charge in [-0.3, -0.25) is 0 Å². The predicted octanol–water partition coefficient (Wildman–Crippen LogP) is 1.08. The summed E-state index contributed by atoms with van der Waals surface area (Å²) in [7, 11) is 3.63. The minimum absolute atomic E-state index is 0.0759. The number of hydrogen-bond acceptors (Lipinski definition) is 5. The summed E-state index contributed by atoms with van der Waals surface area (Å²) in [6.07, 6.45) is 6.79. The van der Waals surface area contributed by atoms with E-state index in [4.69, 9.17) is 4.74 Å². The highest BCUT2D eigenvalue weighted by Crippen LogP contribution is 2.35. The number of hydrogen-bond donors (Lipinski definition) is 1. The topological polar surface area (TPSA) is 64.9 Å². The summed E-state index contributed by atoms with van der Waals surface area (Å²) in [6, 6.07) is 0.256. The molecule has 108 valence electrons. The average Bonchev–Trinajstić information content (AvgIpc) is 2.84. The summed E-state index contributed by atoms with van der Waals surface area (Å²) in [5, 5.41) is 15.9. The van der Waals surface area contributed by atoms with Crippen LogP contribution in [0.15, 0.2) is 0 Å². The van der Waals surface area contributed by atoms with Crippen LogP contribution in [0, 0.1) is 0 Å². The minimum atomic E-state index is -0.0759. The van der Waals surface area contributed by atoms with E-state index in [1.54, 1.807) is 7.05 Å². The monoisotopic (exact) mass is 267 g/mol. The number of ether oxygens (including phenoxy) is 1. The number of rotatable bonds is 6. The van der Waals surface area contributed by atoms with Gasteiger partial charge in [-0.05, 0) is 24.6 Å². The van der Waals surface area contributed by atoms with E-state index in [0.29, 0.717) is 0 Å². The van der Waals surface area contributed by atoms with Crippen LogP contribution in [0.25, 0.3) is 0 Å². The van der Waals surface area contributed by atoms with Gasteiger partial charge < -0.3 is 10.1 Å². The minimum Gasteiger partial charge on any atom is -0.377 e. The van der Waals surface area contributed by atoms with Crippen LogP contribution in [0.2, 0.25) is 0 Å². The largest absolute Gasteiger partial charge is 0.377 e. The molecule has 1 aromatic rings. The number of aromatic nitrogens is 4. The molecule has 1 fully saturated rings. The molecule has 19 heavy (non-hydrogen) atoms. The quantitative estimate of drug-likeness (QED) is 0.835. The van der Waals surface area contributed by atoms with E-state index in [1.807, 2.05) is 7.11 Å². The number of nitrogens with one attached hydrogen (secondary N) is 1. The Labute approximate surface area is 114 Å². The molecule has 1 aliphatic carbocycles. The van der Waals surface area contributed by atoms with Gasteiger partial charge in [0.1, 0.15) is 0 Å². The lowest BCUT2D eigenvalue weighted by molar-refractivity contribution is -0.0673. The van der Waals surface area contributed by atoms with Gasteiger partial charge in [-0.2, -0.15) is 4.80 Å². The predicted molar refractivity (Wildman–Crippen MR) is 72.8 cm³/mol. The Morgan fingerprint density at radius 1 is 1.37 bits per heavy atom. The van der Waals surface area contributed by atoms with E-state index >= 15 is 0 Å². The average molecular weight is 267 g/mol. The zero-order chi connectivity index (χ0) is 13.7. The molecule has 1 unspecified atom stereocenters. The third-order valence-corrected chi connectivity index (χ3v) is 4.13. The van der Waals surface area contributed by atoms with Crippen molar-refractivity contribution in [1.29, 1.82) is 0 Å². The van der Waals surface area contributed by atoms with Crippen molar-refractivity contribution in [3.63, 3.8) is 0 Å². The fraction of sp³-hybridized carbons (Fsp3) is 0.923. The molecule has 0 amide bonds. The molecule has 0 saturated heterocycles. The zero-order valence-corrected chi connectivity index (χ0v) is 12.2. The van der Waals surface area contributed by atoms with E-state index in [1.165, 1.54) is 24.1 Å². The van der Waals surface area contributed by atoms with Gasteiger partial charge in [0.15, 0.2) is 5.82 Å². The van der Waals surface area contributed by atoms with Crippen LogP contribution in [0.4, 0.5) is 0 Å². The highest BCUT2D eigenvalue weighted by Gasteiger charge is 2.40. The first-order chi connectivity index (χ1) is 9.20. The molecule has 0 radical (unpaired) electrons. The molecule has 1 aromatic heterocycles. The second-order valence-corrected chi connectivity index (χ2v) is 5.34. The molecule has 6 heteroatoms. The number of methoxy groups -OCH3 is 1. The first-order valence-electron chi connectivity index (χ1n) is 7.21. The lowest BCUT2D eigenvalue weighted by Crippen LogP contribution is -2.54. The van der Waals surface area contributed by atoms with Crippen LogP contribution in [0.1, 0.15) is 44.9 Å². The van der Waals surface area contributed by atoms with Crippen molar-refractivity contribution in [2.24, 2.45) is 7.05 Å². The van der Waals surface area contributed by atoms with Crippen LogP contribution in [0.3, 0.4) is 0 Å². The summed E-state index contributed by atoms with van der Waals surface area (Å²) < 4.78 is 5.93. The summed E-state index contributed by atoms with van der Waals surface area (Å²) in [5.74, 6) is 0.787. The van der Waals surface area contributed by atoms with Gasteiger partial charge >= 0.3 is 0 Å². The van der Waals surface area contributed by atoms with Crippen molar-refractivity contribution in [2.45, 2.75) is 57.1 Å². The highest BCUT2D eigenvalue weighted by atomic mass is 16.5. The Morgan fingerprint density at radius 2 is 2.11 bits per heavy atom. The van der Waals surface area contributed by atoms with E-state index in [-0.39, 0.29) is 11.6 Å².